The molecule has 0 saturated carbocycles. The van der Waals surface area contributed by atoms with Crippen LogP contribution in [0.1, 0.15) is 5.56 Å². The van der Waals surface area contributed by atoms with Crippen LogP contribution in [0.15, 0.2) is 47.4 Å². The highest BCUT2D eigenvalue weighted by Gasteiger charge is 2.10. The Morgan fingerprint density at radius 2 is 1.95 bits per heavy atom. The Labute approximate surface area is 124 Å². The standard InChI is InChI=1S/C14H9ClF2N2S/c15-11-7-10(6-5-9(11)8-18)19-12-3-1-2-4-13(12)20-14(16)17/h1-7,14,19H. The number of rotatable bonds is 4. The van der Waals surface area contributed by atoms with Crippen molar-refractivity contribution in [3.63, 3.8) is 0 Å². The van der Waals surface area contributed by atoms with Gasteiger partial charge >= 0.3 is 0 Å². The van der Waals surface area contributed by atoms with Gasteiger partial charge in [-0.2, -0.15) is 14.0 Å². The third kappa shape index (κ3) is 3.62. The summed E-state index contributed by atoms with van der Waals surface area (Å²) in [6.45, 7) is 0. The first kappa shape index (κ1) is 14.6. The van der Waals surface area contributed by atoms with Gasteiger partial charge < -0.3 is 5.32 Å². The number of thioether (sulfide) groups is 1. The molecular weight excluding hydrogens is 302 g/mol. The summed E-state index contributed by atoms with van der Waals surface area (Å²) in [6, 6.07) is 13.6. The van der Waals surface area contributed by atoms with Crippen molar-refractivity contribution < 1.29 is 8.78 Å². The van der Waals surface area contributed by atoms with E-state index < -0.39 is 5.76 Å². The highest BCUT2D eigenvalue weighted by molar-refractivity contribution is 7.99. The summed E-state index contributed by atoms with van der Waals surface area (Å²) in [5.41, 5.74) is 1.57. The molecule has 0 heterocycles. The van der Waals surface area contributed by atoms with Gasteiger partial charge in [0.2, 0.25) is 0 Å². The third-order valence-corrected chi connectivity index (χ3v) is 3.57. The Morgan fingerprint density at radius 1 is 1.20 bits per heavy atom. The summed E-state index contributed by atoms with van der Waals surface area (Å²) in [6.07, 6.45) is 0. The van der Waals surface area contributed by atoms with Crippen LogP contribution in [0.2, 0.25) is 5.02 Å². The third-order valence-electron chi connectivity index (χ3n) is 2.47. The molecule has 2 aromatic carbocycles. The second-order valence-corrected chi connectivity index (χ2v) is 5.25. The first-order chi connectivity index (χ1) is 9.60. The van der Waals surface area contributed by atoms with E-state index in [0.717, 1.165) is 0 Å². The number of hydrogen-bond acceptors (Lipinski definition) is 3. The van der Waals surface area contributed by atoms with Gasteiger partial charge in [0, 0.05) is 10.6 Å². The average molecular weight is 311 g/mol. The first-order valence-electron chi connectivity index (χ1n) is 5.60. The summed E-state index contributed by atoms with van der Waals surface area (Å²) in [5.74, 6) is -2.48. The minimum absolute atomic E-state index is 0.316. The van der Waals surface area contributed by atoms with Crippen LogP contribution in [0.5, 0.6) is 0 Å². The Bertz CT molecular complexity index is 656. The minimum atomic E-state index is -2.48. The zero-order valence-corrected chi connectivity index (χ0v) is 11.7. The van der Waals surface area contributed by atoms with Gasteiger partial charge in [-0.1, -0.05) is 35.5 Å². The molecule has 0 aliphatic heterocycles. The Morgan fingerprint density at radius 3 is 2.60 bits per heavy atom. The molecule has 0 atom stereocenters. The SMILES string of the molecule is N#Cc1ccc(Nc2ccccc2SC(F)F)cc1Cl. The Kier molecular flexibility index (Phi) is 4.83. The van der Waals surface area contributed by atoms with Gasteiger partial charge in [-0.05, 0) is 30.3 Å². The lowest BCUT2D eigenvalue weighted by molar-refractivity contribution is 0.252. The van der Waals surface area contributed by atoms with Gasteiger partial charge in [-0.25, -0.2) is 0 Å². The molecule has 0 aliphatic rings. The summed E-state index contributed by atoms with van der Waals surface area (Å²) in [5, 5.41) is 12.1. The molecule has 0 saturated heterocycles. The smallest absolute Gasteiger partial charge is 0.288 e. The second kappa shape index (κ2) is 6.60. The molecule has 0 bridgehead atoms. The maximum absolute atomic E-state index is 12.5. The molecule has 0 aromatic heterocycles. The van der Waals surface area contributed by atoms with Crippen molar-refractivity contribution in [1.29, 1.82) is 5.26 Å². The van der Waals surface area contributed by atoms with Crippen molar-refractivity contribution in [2.45, 2.75) is 10.7 Å². The summed E-state index contributed by atoms with van der Waals surface area (Å²) in [4.78, 5) is 0.447. The molecule has 2 nitrogen and oxygen atoms in total. The number of nitriles is 1. The van der Waals surface area contributed by atoms with E-state index in [1.807, 2.05) is 6.07 Å². The van der Waals surface area contributed by atoms with E-state index in [1.54, 1.807) is 42.5 Å². The van der Waals surface area contributed by atoms with E-state index in [1.165, 1.54) is 0 Å². The largest absolute Gasteiger partial charge is 0.355 e. The predicted octanol–water partition coefficient (Wildman–Crippen LogP) is 5.27. The van der Waals surface area contributed by atoms with E-state index in [9.17, 15) is 8.78 Å². The van der Waals surface area contributed by atoms with Crippen molar-refractivity contribution in [2.75, 3.05) is 5.32 Å². The van der Waals surface area contributed by atoms with E-state index in [0.29, 0.717) is 38.6 Å². The predicted molar refractivity (Wildman–Crippen MR) is 77.8 cm³/mol. The highest BCUT2D eigenvalue weighted by atomic mass is 35.5. The van der Waals surface area contributed by atoms with Gasteiger partial charge in [0.25, 0.3) is 5.76 Å². The molecule has 2 aromatic rings. The highest BCUT2D eigenvalue weighted by Crippen LogP contribution is 2.33. The van der Waals surface area contributed by atoms with E-state index in [2.05, 4.69) is 5.32 Å². The summed E-state index contributed by atoms with van der Waals surface area (Å²) >= 11 is 6.41. The molecule has 0 unspecified atom stereocenters. The lowest BCUT2D eigenvalue weighted by atomic mass is 10.2. The number of nitrogens with one attached hydrogen (secondary N) is 1. The maximum Gasteiger partial charge on any atom is 0.288 e. The van der Waals surface area contributed by atoms with Crippen molar-refractivity contribution in [2.24, 2.45) is 0 Å². The quantitative estimate of drug-likeness (QED) is 0.781. The fourth-order valence-electron chi connectivity index (χ4n) is 1.61. The maximum atomic E-state index is 12.5. The van der Waals surface area contributed by atoms with E-state index in [4.69, 9.17) is 16.9 Å². The van der Waals surface area contributed by atoms with Crippen LogP contribution in [0.25, 0.3) is 0 Å². The molecule has 0 radical (unpaired) electrons. The molecule has 0 amide bonds. The van der Waals surface area contributed by atoms with Gasteiger partial charge in [0.1, 0.15) is 6.07 Å². The van der Waals surface area contributed by atoms with Crippen molar-refractivity contribution in [3.8, 4) is 6.07 Å². The van der Waals surface area contributed by atoms with Crippen LogP contribution < -0.4 is 5.32 Å². The molecule has 0 spiro atoms. The van der Waals surface area contributed by atoms with Crippen LogP contribution in [0.4, 0.5) is 20.2 Å². The zero-order valence-electron chi connectivity index (χ0n) is 10.1. The van der Waals surface area contributed by atoms with Crippen LogP contribution in [0, 0.1) is 11.3 Å². The number of halogens is 3. The Balaban J connectivity index is 2.26. The van der Waals surface area contributed by atoms with Crippen LogP contribution in [0.3, 0.4) is 0 Å². The summed E-state index contributed by atoms with van der Waals surface area (Å²) < 4.78 is 25.0. The summed E-state index contributed by atoms with van der Waals surface area (Å²) in [7, 11) is 0. The molecule has 102 valence electrons. The first-order valence-corrected chi connectivity index (χ1v) is 6.86. The van der Waals surface area contributed by atoms with E-state index in [-0.39, 0.29) is 0 Å². The number of benzene rings is 2. The molecule has 6 heteroatoms. The average Bonchev–Trinajstić information content (AvgIpc) is 2.41. The fourth-order valence-corrected chi connectivity index (χ4v) is 2.43. The second-order valence-electron chi connectivity index (χ2n) is 3.81. The fraction of sp³-hybridized carbons (Fsp3) is 0.0714. The molecule has 0 aliphatic carbocycles. The lowest BCUT2D eigenvalue weighted by Crippen LogP contribution is -1.94. The van der Waals surface area contributed by atoms with Gasteiger partial charge in [-0.15, -0.1) is 0 Å². The van der Waals surface area contributed by atoms with Gasteiger partial charge in [-0.3, -0.25) is 0 Å². The monoisotopic (exact) mass is 310 g/mol. The van der Waals surface area contributed by atoms with Crippen molar-refractivity contribution in [1.82, 2.24) is 0 Å². The number of alkyl halides is 2. The minimum Gasteiger partial charge on any atom is -0.355 e. The van der Waals surface area contributed by atoms with Gasteiger partial charge in [0.05, 0.1) is 16.3 Å². The Hall–Kier alpha value is -1.77. The molecular formula is C14H9ClF2N2S. The van der Waals surface area contributed by atoms with Crippen LogP contribution >= 0.6 is 23.4 Å². The molecule has 2 rings (SSSR count). The molecule has 0 fully saturated rings. The van der Waals surface area contributed by atoms with Crippen molar-refractivity contribution in [3.05, 3.63) is 53.1 Å². The van der Waals surface area contributed by atoms with Crippen LogP contribution in [-0.4, -0.2) is 5.76 Å². The van der Waals surface area contributed by atoms with Gasteiger partial charge in [0.15, 0.2) is 0 Å². The normalized spacial score (nSPS) is 10.3. The number of hydrogen-bond donors (Lipinski definition) is 1. The van der Waals surface area contributed by atoms with Crippen LogP contribution in [-0.2, 0) is 0 Å². The van der Waals surface area contributed by atoms with Crippen molar-refractivity contribution >= 4 is 34.7 Å². The topological polar surface area (TPSA) is 35.8 Å². The lowest BCUT2D eigenvalue weighted by Gasteiger charge is -2.11. The zero-order chi connectivity index (χ0) is 14.5. The number of para-hydroxylation sites is 1. The number of nitrogens with zero attached hydrogens (tertiary/aromatic N) is 1. The van der Waals surface area contributed by atoms with E-state index >= 15 is 0 Å². The molecule has 1 N–H and O–H groups in total. The molecule has 20 heavy (non-hydrogen) atoms. The number of anilines is 2.